The van der Waals surface area contributed by atoms with E-state index in [4.69, 9.17) is 0 Å². The number of nitrogens with one attached hydrogen (secondary N) is 1. The highest BCUT2D eigenvalue weighted by molar-refractivity contribution is 5.92. The summed E-state index contributed by atoms with van der Waals surface area (Å²) in [6.07, 6.45) is 2.85. The monoisotopic (exact) mass is 563 g/mol. The molecule has 0 spiro atoms. The second kappa shape index (κ2) is 11.5. The molecule has 214 valence electrons. The number of hydrogen-bond acceptors (Lipinski definition) is 5. The van der Waals surface area contributed by atoms with E-state index >= 15 is 0 Å². The van der Waals surface area contributed by atoms with Crippen LogP contribution in [-0.2, 0) is 29.7 Å². The molecule has 4 aromatic rings. The summed E-state index contributed by atoms with van der Waals surface area (Å²) in [6.45, 7) is 4.92. The fourth-order valence-corrected chi connectivity index (χ4v) is 5.88. The zero-order valence-corrected chi connectivity index (χ0v) is 23.5. The van der Waals surface area contributed by atoms with Gasteiger partial charge < -0.3 is 19.7 Å². The minimum absolute atomic E-state index is 0.0302. The fourth-order valence-electron chi connectivity index (χ4n) is 5.88. The number of rotatable bonds is 8. The third-order valence-electron chi connectivity index (χ3n) is 7.91. The molecule has 4 amide bonds. The summed E-state index contributed by atoms with van der Waals surface area (Å²) < 4.78 is 1.95. The van der Waals surface area contributed by atoms with Gasteiger partial charge in [-0.25, -0.2) is 9.78 Å². The molecule has 2 aliphatic rings. The topological polar surface area (TPSA) is 94.0 Å². The minimum atomic E-state index is -0.816. The normalized spacial score (nSPS) is 18.8. The van der Waals surface area contributed by atoms with E-state index in [9.17, 15) is 14.4 Å². The summed E-state index contributed by atoms with van der Waals surface area (Å²) in [4.78, 5) is 49.3. The number of aryl methyl sites for hydroxylation is 1. The van der Waals surface area contributed by atoms with E-state index in [0.29, 0.717) is 13.1 Å². The van der Waals surface area contributed by atoms with E-state index in [1.165, 1.54) is 5.01 Å². The van der Waals surface area contributed by atoms with Gasteiger partial charge in [0.05, 0.1) is 37.0 Å². The average Bonchev–Trinajstić information content (AvgIpc) is 3.55. The van der Waals surface area contributed by atoms with Gasteiger partial charge in [-0.15, -0.1) is 6.58 Å². The molecule has 0 aliphatic carbocycles. The largest absolute Gasteiger partial charge is 0.334 e. The molecule has 10 heteroatoms. The molecule has 1 N–H and O–H groups in total. The lowest BCUT2D eigenvalue weighted by Gasteiger charge is -2.46. The molecule has 10 nitrogen and oxygen atoms in total. The first-order valence-electron chi connectivity index (χ1n) is 14.0. The summed E-state index contributed by atoms with van der Waals surface area (Å²) in [5, 5.41) is 6.26. The van der Waals surface area contributed by atoms with Crippen molar-refractivity contribution in [1.82, 2.24) is 34.7 Å². The highest BCUT2D eigenvalue weighted by atomic mass is 16.2. The Morgan fingerprint density at radius 1 is 1.05 bits per heavy atom. The van der Waals surface area contributed by atoms with Crippen LogP contribution in [-0.4, -0.2) is 73.0 Å². The lowest BCUT2D eigenvalue weighted by molar-refractivity contribution is -0.158. The number of fused-ring (bicyclic) bond motifs is 2. The quantitative estimate of drug-likeness (QED) is 0.332. The number of urea groups is 1. The molecule has 2 atom stereocenters. The maximum atomic E-state index is 14.1. The fraction of sp³-hybridized carbons (Fsp3) is 0.250. The average molecular weight is 564 g/mol. The van der Waals surface area contributed by atoms with Crippen molar-refractivity contribution in [3.63, 3.8) is 0 Å². The summed E-state index contributed by atoms with van der Waals surface area (Å²) >= 11 is 0. The Bertz CT molecular complexity index is 1620. The second-order valence-corrected chi connectivity index (χ2v) is 10.6. The van der Waals surface area contributed by atoms with E-state index in [1.54, 1.807) is 27.2 Å². The van der Waals surface area contributed by atoms with Crippen LogP contribution in [0.5, 0.6) is 0 Å². The Morgan fingerprint density at radius 3 is 2.52 bits per heavy atom. The van der Waals surface area contributed by atoms with Gasteiger partial charge in [0.15, 0.2) is 0 Å². The van der Waals surface area contributed by atoms with Crippen LogP contribution in [0.15, 0.2) is 97.8 Å². The number of para-hydroxylation sites is 1. The molecule has 0 unspecified atom stereocenters. The maximum absolute atomic E-state index is 14.1. The predicted molar refractivity (Wildman–Crippen MR) is 158 cm³/mol. The van der Waals surface area contributed by atoms with Crippen molar-refractivity contribution >= 4 is 28.9 Å². The van der Waals surface area contributed by atoms with Crippen LogP contribution >= 0.6 is 0 Å². The molecule has 2 saturated heterocycles. The lowest BCUT2D eigenvalue weighted by Crippen LogP contribution is -2.62. The molecule has 42 heavy (non-hydrogen) atoms. The number of benzene rings is 3. The number of aromatic nitrogens is 2. The van der Waals surface area contributed by atoms with E-state index < -0.39 is 12.2 Å². The van der Waals surface area contributed by atoms with Gasteiger partial charge in [0.2, 0.25) is 5.91 Å². The number of hydrazine groups is 1. The highest BCUT2D eigenvalue weighted by Crippen LogP contribution is 2.36. The third-order valence-corrected chi connectivity index (χ3v) is 7.91. The molecule has 6 rings (SSSR count). The van der Waals surface area contributed by atoms with Gasteiger partial charge in [0, 0.05) is 20.1 Å². The number of amides is 4. The van der Waals surface area contributed by atoms with Gasteiger partial charge >= 0.3 is 6.03 Å². The summed E-state index contributed by atoms with van der Waals surface area (Å²) in [6, 6.07) is 23.8. The standard InChI is InChI=1S/C32H33N7O3/c1-3-17-37(32(42)33-18-23-11-6-4-7-12-23)38-21-28(40)39-27(38)20-36(31(41)30(39)24-13-8-5-9-14-24)19-25-15-10-16-26-29(25)34-22-35(26)2/h3-16,22,27,30H,1,17-21H2,2H3,(H,33,42)/t27-,30+/m1/s1. The van der Waals surface area contributed by atoms with Crippen LogP contribution in [0, 0.1) is 0 Å². The number of imidazole rings is 1. The van der Waals surface area contributed by atoms with Gasteiger partial charge in [0.1, 0.15) is 12.2 Å². The van der Waals surface area contributed by atoms with Gasteiger partial charge in [-0.1, -0.05) is 78.9 Å². The van der Waals surface area contributed by atoms with E-state index in [2.05, 4.69) is 16.9 Å². The first kappa shape index (κ1) is 27.2. The summed E-state index contributed by atoms with van der Waals surface area (Å²) in [7, 11) is 1.94. The summed E-state index contributed by atoms with van der Waals surface area (Å²) in [5.74, 6) is -0.372. The van der Waals surface area contributed by atoms with Gasteiger partial charge in [-0.3, -0.25) is 14.6 Å². The molecular weight excluding hydrogens is 530 g/mol. The Morgan fingerprint density at radius 2 is 1.79 bits per heavy atom. The van der Waals surface area contributed by atoms with Crippen LogP contribution < -0.4 is 5.32 Å². The molecule has 0 radical (unpaired) electrons. The number of carbonyl (C=O) groups is 3. The van der Waals surface area contributed by atoms with Crippen molar-refractivity contribution in [2.75, 3.05) is 19.6 Å². The van der Waals surface area contributed by atoms with E-state index in [1.807, 2.05) is 90.5 Å². The number of hydrogen-bond donors (Lipinski definition) is 1. The SMILES string of the molecule is C=CCN(C(=O)NCc1ccccc1)N1CC(=O)N2[C@@H](c3ccccc3)C(=O)N(Cc3cccc4c3ncn4C)C[C@@H]21. The maximum Gasteiger partial charge on any atom is 0.332 e. The minimum Gasteiger partial charge on any atom is -0.334 e. The van der Waals surface area contributed by atoms with Gasteiger partial charge in [-0.05, 0) is 22.8 Å². The predicted octanol–water partition coefficient (Wildman–Crippen LogP) is 3.44. The Kier molecular flexibility index (Phi) is 7.45. The molecule has 2 aliphatic heterocycles. The Labute approximate surface area is 244 Å². The third kappa shape index (κ3) is 5.01. The first-order chi connectivity index (χ1) is 20.5. The highest BCUT2D eigenvalue weighted by Gasteiger charge is 2.52. The number of carbonyl (C=O) groups excluding carboxylic acids is 3. The molecule has 0 saturated carbocycles. The van der Waals surface area contributed by atoms with Gasteiger partial charge in [0.25, 0.3) is 5.91 Å². The van der Waals surface area contributed by atoms with Gasteiger partial charge in [-0.2, -0.15) is 5.01 Å². The molecule has 3 heterocycles. The van der Waals surface area contributed by atoms with Crippen molar-refractivity contribution in [3.8, 4) is 0 Å². The van der Waals surface area contributed by atoms with Crippen LogP contribution in [0.25, 0.3) is 11.0 Å². The Hall–Kier alpha value is -4.96. The molecule has 3 aromatic carbocycles. The summed E-state index contributed by atoms with van der Waals surface area (Å²) in [5.41, 5.74) is 4.42. The van der Waals surface area contributed by atoms with Crippen molar-refractivity contribution in [3.05, 3.63) is 115 Å². The Balaban J connectivity index is 1.33. The zero-order chi connectivity index (χ0) is 29.2. The number of nitrogens with zero attached hydrogens (tertiary/aromatic N) is 6. The number of piperazine rings is 1. The first-order valence-corrected chi connectivity index (χ1v) is 14.0. The van der Waals surface area contributed by atoms with Crippen LogP contribution in [0.1, 0.15) is 22.7 Å². The van der Waals surface area contributed by atoms with Crippen molar-refractivity contribution in [2.24, 2.45) is 7.05 Å². The van der Waals surface area contributed by atoms with Crippen molar-refractivity contribution in [1.29, 1.82) is 0 Å². The molecular formula is C32H33N7O3. The van der Waals surface area contributed by atoms with Crippen molar-refractivity contribution < 1.29 is 14.4 Å². The van der Waals surface area contributed by atoms with Crippen LogP contribution in [0.4, 0.5) is 4.79 Å². The lowest BCUT2D eigenvalue weighted by atomic mass is 10.00. The second-order valence-electron chi connectivity index (χ2n) is 10.6. The van der Waals surface area contributed by atoms with Crippen molar-refractivity contribution in [2.45, 2.75) is 25.3 Å². The van der Waals surface area contributed by atoms with Crippen LogP contribution in [0.2, 0.25) is 0 Å². The van der Waals surface area contributed by atoms with E-state index in [-0.39, 0.29) is 37.5 Å². The molecule has 0 bridgehead atoms. The van der Waals surface area contributed by atoms with Crippen LogP contribution in [0.3, 0.4) is 0 Å². The molecule has 1 aromatic heterocycles. The smallest absolute Gasteiger partial charge is 0.332 e. The van der Waals surface area contributed by atoms with E-state index in [0.717, 1.165) is 27.7 Å². The molecule has 2 fully saturated rings. The zero-order valence-electron chi connectivity index (χ0n) is 23.5.